The summed E-state index contributed by atoms with van der Waals surface area (Å²) in [5.41, 5.74) is 2.58. The third-order valence-corrected chi connectivity index (χ3v) is 3.24. The number of aliphatic carboxylic acids is 1. The van der Waals surface area contributed by atoms with E-state index in [1.165, 1.54) is 6.08 Å². The lowest BCUT2D eigenvalue weighted by Crippen LogP contribution is -2.10. The van der Waals surface area contributed by atoms with Gasteiger partial charge >= 0.3 is 5.97 Å². The Balaban J connectivity index is 2.42. The van der Waals surface area contributed by atoms with Gasteiger partial charge in [0.15, 0.2) is 5.78 Å². The van der Waals surface area contributed by atoms with Gasteiger partial charge in [-0.05, 0) is 23.8 Å². The lowest BCUT2D eigenvalue weighted by Gasteiger charge is -2.13. The minimum absolute atomic E-state index is 0.130. The van der Waals surface area contributed by atoms with Crippen molar-refractivity contribution in [2.45, 2.75) is 0 Å². The first kappa shape index (κ1) is 15.5. The summed E-state index contributed by atoms with van der Waals surface area (Å²) < 4.78 is 0. The molecule has 0 saturated carbocycles. The molecule has 0 aliphatic heterocycles. The summed E-state index contributed by atoms with van der Waals surface area (Å²) in [7, 11) is 3.82. The highest BCUT2D eigenvalue weighted by Gasteiger charge is 2.13. The van der Waals surface area contributed by atoms with Crippen LogP contribution in [-0.2, 0) is 4.79 Å². The fraction of sp³-hybridized carbons (Fsp3) is 0.111. The van der Waals surface area contributed by atoms with Crippen LogP contribution in [0.5, 0.6) is 0 Å². The van der Waals surface area contributed by atoms with Gasteiger partial charge in [0.25, 0.3) is 0 Å². The van der Waals surface area contributed by atoms with Crippen molar-refractivity contribution >= 4 is 23.5 Å². The average molecular weight is 295 g/mol. The summed E-state index contributed by atoms with van der Waals surface area (Å²) in [6, 6.07) is 14.3. The van der Waals surface area contributed by atoms with Gasteiger partial charge in [0.2, 0.25) is 0 Å². The smallest absolute Gasteiger partial charge is 0.328 e. The normalized spacial score (nSPS) is 10.6. The molecule has 0 spiro atoms. The van der Waals surface area contributed by atoms with Crippen LogP contribution in [0, 0.1) is 0 Å². The number of carbonyl (C=O) groups is 2. The number of nitrogens with zero attached hydrogens (tertiary/aromatic N) is 1. The highest BCUT2D eigenvalue weighted by Crippen LogP contribution is 2.19. The van der Waals surface area contributed by atoms with Crippen LogP contribution in [0.15, 0.2) is 54.6 Å². The molecule has 2 rings (SSSR count). The van der Waals surface area contributed by atoms with Gasteiger partial charge in [-0.15, -0.1) is 0 Å². The van der Waals surface area contributed by atoms with Crippen LogP contribution in [0.1, 0.15) is 21.5 Å². The second-order valence-electron chi connectivity index (χ2n) is 5.03. The Morgan fingerprint density at radius 3 is 2.45 bits per heavy atom. The number of carboxylic acid groups (broad SMARTS) is 1. The van der Waals surface area contributed by atoms with Crippen LogP contribution < -0.4 is 4.90 Å². The second-order valence-corrected chi connectivity index (χ2v) is 5.03. The fourth-order valence-electron chi connectivity index (χ4n) is 2.09. The maximum Gasteiger partial charge on any atom is 0.328 e. The van der Waals surface area contributed by atoms with Crippen molar-refractivity contribution in [3.8, 4) is 0 Å². The van der Waals surface area contributed by atoms with Crippen LogP contribution in [0.3, 0.4) is 0 Å². The van der Waals surface area contributed by atoms with Gasteiger partial charge in [-0.1, -0.05) is 36.4 Å². The van der Waals surface area contributed by atoms with E-state index in [4.69, 9.17) is 5.11 Å². The van der Waals surface area contributed by atoms with Crippen molar-refractivity contribution in [3.05, 3.63) is 71.3 Å². The summed E-state index contributed by atoms with van der Waals surface area (Å²) in [5, 5.41) is 8.74. The molecule has 0 aliphatic rings. The molecule has 2 aromatic rings. The number of anilines is 1. The van der Waals surface area contributed by atoms with Crippen LogP contribution >= 0.6 is 0 Å². The number of carboxylic acids is 1. The van der Waals surface area contributed by atoms with Crippen molar-refractivity contribution in [3.63, 3.8) is 0 Å². The summed E-state index contributed by atoms with van der Waals surface area (Å²) >= 11 is 0. The van der Waals surface area contributed by atoms with E-state index in [2.05, 4.69) is 0 Å². The molecule has 0 aliphatic carbocycles. The van der Waals surface area contributed by atoms with Gasteiger partial charge in [-0.2, -0.15) is 0 Å². The average Bonchev–Trinajstić information content (AvgIpc) is 2.52. The molecular formula is C18H17NO3. The van der Waals surface area contributed by atoms with Crippen LogP contribution in [-0.4, -0.2) is 31.0 Å². The van der Waals surface area contributed by atoms with E-state index < -0.39 is 5.97 Å². The first-order chi connectivity index (χ1) is 10.5. The summed E-state index contributed by atoms with van der Waals surface area (Å²) in [6.07, 6.45) is 2.47. The molecule has 0 bridgehead atoms. The lowest BCUT2D eigenvalue weighted by molar-refractivity contribution is -0.131. The van der Waals surface area contributed by atoms with Gasteiger partial charge in [-0.25, -0.2) is 4.79 Å². The summed E-state index contributed by atoms with van der Waals surface area (Å²) in [5.74, 6) is -1.17. The second kappa shape index (κ2) is 6.72. The third kappa shape index (κ3) is 3.61. The lowest BCUT2D eigenvalue weighted by atomic mass is 9.97. The molecule has 2 aromatic carbocycles. The van der Waals surface area contributed by atoms with Gasteiger partial charge < -0.3 is 10.0 Å². The predicted octanol–water partition coefficient (Wildman–Crippen LogP) is 3.08. The molecule has 1 N–H and O–H groups in total. The Labute approximate surface area is 129 Å². The molecule has 0 radical (unpaired) electrons. The largest absolute Gasteiger partial charge is 0.478 e. The molecule has 0 atom stereocenters. The van der Waals surface area contributed by atoms with Crippen LogP contribution in [0.4, 0.5) is 5.69 Å². The Hall–Kier alpha value is -2.88. The van der Waals surface area contributed by atoms with E-state index in [0.29, 0.717) is 16.7 Å². The van der Waals surface area contributed by atoms with Crippen LogP contribution in [0.25, 0.3) is 6.08 Å². The quantitative estimate of drug-likeness (QED) is 0.680. The first-order valence-corrected chi connectivity index (χ1v) is 6.81. The fourth-order valence-corrected chi connectivity index (χ4v) is 2.09. The van der Waals surface area contributed by atoms with Crippen molar-refractivity contribution in [1.82, 2.24) is 0 Å². The minimum Gasteiger partial charge on any atom is -0.478 e. The molecule has 0 unspecified atom stereocenters. The third-order valence-electron chi connectivity index (χ3n) is 3.24. The zero-order chi connectivity index (χ0) is 16.1. The topological polar surface area (TPSA) is 57.6 Å². The molecule has 0 aromatic heterocycles. The van der Waals surface area contributed by atoms with E-state index in [1.807, 2.05) is 37.2 Å². The van der Waals surface area contributed by atoms with Crippen molar-refractivity contribution < 1.29 is 14.7 Å². The van der Waals surface area contributed by atoms with Gasteiger partial charge in [0.05, 0.1) is 0 Å². The van der Waals surface area contributed by atoms with Gasteiger partial charge in [-0.3, -0.25) is 4.79 Å². The number of hydrogen-bond donors (Lipinski definition) is 1. The van der Waals surface area contributed by atoms with E-state index in [-0.39, 0.29) is 5.78 Å². The molecule has 112 valence electrons. The number of ketones is 1. The zero-order valence-corrected chi connectivity index (χ0v) is 12.5. The highest BCUT2D eigenvalue weighted by atomic mass is 16.4. The Bertz CT molecular complexity index is 733. The first-order valence-electron chi connectivity index (χ1n) is 6.81. The molecule has 0 saturated heterocycles. The monoisotopic (exact) mass is 295 g/mol. The van der Waals surface area contributed by atoms with E-state index in [1.54, 1.807) is 30.3 Å². The van der Waals surface area contributed by atoms with Crippen LogP contribution in [0.2, 0.25) is 0 Å². The standard InChI is InChI=1S/C18H17NO3/c1-19(2)15-8-5-7-14(12-15)18(22)16-9-4-3-6-13(16)10-11-17(20)21/h3-12H,1-2H3,(H,20,21)/b11-10+. The molecular weight excluding hydrogens is 278 g/mol. The molecule has 0 amide bonds. The highest BCUT2D eigenvalue weighted by molar-refractivity contribution is 6.11. The van der Waals surface area contributed by atoms with Crippen molar-refractivity contribution in [1.29, 1.82) is 0 Å². The van der Waals surface area contributed by atoms with E-state index in [0.717, 1.165) is 11.8 Å². The molecule has 4 nitrogen and oxygen atoms in total. The molecule has 0 heterocycles. The number of carbonyl (C=O) groups excluding carboxylic acids is 1. The van der Waals surface area contributed by atoms with Crippen molar-refractivity contribution in [2.24, 2.45) is 0 Å². The van der Waals surface area contributed by atoms with Crippen molar-refractivity contribution in [2.75, 3.05) is 19.0 Å². The summed E-state index contributed by atoms with van der Waals surface area (Å²) in [4.78, 5) is 25.3. The Morgan fingerprint density at radius 1 is 1.05 bits per heavy atom. The minimum atomic E-state index is -1.04. The molecule has 0 fully saturated rings. The SMILES string of the molecule is CN(C)c1cccc(C(=O)c2ccccc2/C=C/C(=O)O)c1. The number of benzene rings is 2. The van der Waals surface area contributed by atoms with Gasteiger partial charge in [0, 0.05) is 37.0 Å². The predicted molar refractivity (Wildman–Crippen MR) is 87.3 cm³/mol. The number of hydrogen-bond acceptors (Lipinski definition) is 3. The Kier molecular flexibility index (Phi) is 4.73. The zero-order valence-electron chi connectivity index (χ0n) is 12.5. The maximum atomic E-state index is 12.7. The maximum absolute atomic E-state index is 12.7. The molecule has 4 heteroatoms. The number of rotatable bonds is 5. The van der Waals surface area contributed by atoms with E-state index in [9.17, 15) is 9.59 Å². The summed E-state index contributed by atoms with van der Waals surface area (Å²) in [6.45, 7) is 0. The molecule has 22 heavy (non-hydrogen) atoms. The Morgan fingerprint density at radius 2 is 1.77 bits per heavy atom. The van der Waals surface area contributed by atoms with E-state index >= 15 is 0 Å². The van der Waals surface area contributed by atoms with Gasteiger partial charge in [0.1, 0.15) is 0 Å².